The fraction of sp³-hybridized carbons (Fsp3) is 0.345. The van der Waals surface area contributed by atoms with Gasteiger partial charge in [0.1, 0.15) is 17.1 Å². The summed E-state index contributed by atoms with van der Waals surface area (Å²) in [6.07, 6.45) is -0.278. The summed E-state index contributed by atoms with van der Waals surface area (Å²) in [4.78, 5) is 19.7. The number of hydrogen-bond acceptors (Lipinski definition) is 9. The van der Waals surface area contributed by atoms with Crippen molar-refractivity contribution < 1.29 is 22.6 Å². The van der Waals surface area contributed by atoms with E-state index in [0.717, 1.165) is 34.6 Å². The second kappa shape index (κ2) is 12.0. The third-order valence-electron chi connectivity index (χ3n) is 7.25. The van der Waals surface area contributed by atoms with Crippen LogP contribution in [-0.4, -0.2) is 60.5 Å². The van der Waals surface area contributed by atoms with Crippen LogP contribution in [-0.2, 0) is 37.2 Å². The van der Waals surface area contributed by atoms with Crippen molar-refractivity contribution in [2.45, 2.75) is 45.4 Å². The molecule has 5 heterocycles. The zero-order chi connectivity index (χ0) is 30.8. The molecule has 44 heavy (non-hydrogen) atoms. The zero-order valence-electron chi connectivity index (χ0n) is 24.0. The van der Waals surface area contributed by atoms with Crippen molar-refractivity contribution in [3.8, 4) is 5.75 Å². The van der Waals surface area contributed by atoms with Gasteiger partial charge in [-0.25, -0.2) is 14.2 Å². The summed E-state index contributed by atoms with van der Waals surface area (Å²) in [6, 6.07) is 11.8. The molecule has 0 unspecified atom stereocenters. The van der Waals surface area contributed by atoms with Gasteiger partial charge in [-0.3, -0.25) is 9.48 Å². The second-order valence-electron chi connectivity index (χ2n) is 10.5. The molecule has 0 saturated heterocycles. The number of nitrogens with one attached hydrogen (secondary N) is 1. The Morgan fingerprint density at radius 2 is 1.91 bits per heavy atom. The third-order valence-corrected chi connectivity index (χ3v) is 7.25. The maximum absolute atomic E-state index is 14.0. The van der Waals surface area contributed by atoms with E-state index in [2.05, 4.69) is 30.5 Å². The van der Waals surface area contributed by atoms with E-state index in [1.165, 1.54) is 7.11 Å². The lowest BCUT2D eigenvalue weighted by molar-refractivity contribution is -0.138. The summed E-state index contributed by atoms with van der Waals surface area (Å²) in [5, 5.41) is 15.5. The quantitative estimate of drug-likeness (QED) is 0.254. The highest BCUT2D eigenvalue weighted by Crippen LogP contribution is 2.32. The van der Waals surface area contributed by atoms with Gasteiger partial charge in [-0.2, -0.15) is 28.5 Å². The second-order valence-corrected chi connectivity index (χ2v) is 10.5. The number of hydrogen-bond donors (Lipinski definition) is 1. The van der Waals surface area contributed by atoms with Crippen molar-refractivity contribution in [1.82, 2.24) is 34.2 Å². The van der Waals surface area contributed by atoms with E-state index in [1.807, 2.05) is 29.1 Å². The minimum Gasteiger partial charge on any atom is -0.497 e. The molecule has 1 atom stereocenters. The van der Waals surface area contributed by atoms with Crippen LogP contribution in [0.4, 0.5) is 24.7 Å². The molecule has 0 aliphatic carbocycles. The van der Waals surface area contributed by atoms with Crippen molar-refractivity contribution in [2.24, 2.45) is 0 Å². The maximum atomic E-state index is 14.0. The van der Waals surface area contributed by atoms with Gasteiger partial charge in [-0.05, 0) is 36.8 Å². The standard InChI is InChI=1S/C29H30F3N9O3/c1-19(35-24-14-34-41(28(42)27(24)29(30,31)32)15-20-3-5-23(43-2)6-4-20)17-44-18-21-13-22-16-38(11-12-39(22)37-21)25-8-10-40-26(36-25)7-9-33-40/h3-10,13-14,19,35H,11-12,15-18H2,1-2H3/t19-/m0/s1. The summed E-state index contributed by atoms with van der Waals surface area (Å²) in [6.45, 7) is 3.85. The van der Waals surface area contributed by atoms with E-state index in [-0.39, 0.29) is 19.8 Å². The van der Waals surface area contributed by atoms with E-state index in [0.29, 0.717) is 30.1 Å². The van der Waals surface area contributed by atoms with Gasteiger partial charge in [0.25, 0.3) is 5.56 Å². The number of alkyl halides is 3. The molecule has 0 radical (unpaired) electrons. The highest BCUT2D eigenvalue weighted by Gasteiger charge is 2.38. The SMILES string of the molecule is COc1ccc(Cn2ncc(N[C@@H](C)COCc3cc4n(n3)CCN(c3ccn5nccc5n3)C4)c(C(F)(F)F)c2=O)cc1. The monoisotopic (exact) mass is 609 g/mol. The number of rotatable bonds is 10. The van der Waals surface area contributed by atoms with Gasteiger partial charge < -0.3 is 19.7 Å². The molecular weight excluding hydrogens is 579 g/mol. The lowest BCUT2D eigenvalue weighted by Gasteiger charge is -2.28. The van der Waals surface area contributed by atoms with Gasteiger partial charge in [0.2, 0.25) is 0 Å². The Bertz CT molecular complexity index is 1810. The number of aromatic nitrogens is 7. The number of benzene rings is 1. The van der Waals surface area contributed by atoms with E-state index >= 15 is 0 Å². The minimum atomic E-state index is -4.88. The molecule has 4 aromatic heterocycles. The van der Waals surface area contributed by atoms with Crippen LogP contribution < -0.4 is 20.5 Å². The van der Waals surface area contributed by atoms with Gasteiger partial charge in [-0.1, -0.05) is 12.1 Å². The smallest absolute Gasteiger partial charge is 0.423 e. The van der Waals surface area contributed by atoms with Crippen LogP contribution in [0.15, 0.2) is 65.8 Å². The summed E-state index contributed by atoms with van der Waals surface area (Å²) in [7, 11) is 1.51. The summed E-state index contributed by atoms with van der Waals surface area (Å²) < 4.78 is 57.3. The fourth-order valence-corrected chi connectivity index (χ4v) is 5.11. The molecule has 15 heteroatoms. The molecular formula is C29H30F3N9O3. The molecule has 5 aromatic rings. The Morgan fingerprint density at radius 1 is 1.09 bits per heavy atom. The molecule has 0 bridgehead atoms. The van der Waals surface area contributed by atoms with Crippen molar-refractivity contribution in [2.75, 3.05) is 30.5 Å². The molecule has 230 valence electrons. The average Bonchev–Trinajstić information content (AvgIpc) is 3.64. The molecule has 1 aromatic carbocycles. The van der Waals surface area contributed by atoms with E-state index in [9.17, 15) is 18.0 Å². The van der Waals surface area contributed by atoms with Crippen molar-refractivity contribution in [3.63, 3.8) is 0 Å². The Labute approximate surface area is 249 Å². The number of fused-ring (bicyclic) bond motifs is 2. The van der Waals surface area contributed by atoms with Crippen LogP contribution in [0, 0.1) is 0 Å². The van der Waals surface area contributed by atoms with Gasteiger partial charge in [0.05, 0.1) is 69.4 Å². The number of methoxy groups -OCH3 is 1. The average molecular weight is 610 g/mol. The highest BCUT2D eigenvalue weighted by atomic mass is 19.4. The first-order chi connectivity index (χ1) is 21.2. The third kappa shape index (κ3) is 6.22. The van der Waals surface area contributed by atoms with Crippen molar-refractivity contribution in [3.05, 3.63) is 93.9 Å². The first kappa shape index (κ1) is 29.2. The van der Waals surface area contributed by atoms with Crippen LogP contribution in [0.5, 0.6) is 5.75 Å². The molecule has 0 saturated carbocycles. The zero-order valence-corrected chi connectivity index (χ0v) is 24.0. The van der Waals surface area contributed by atoms with Crippen LogP contribution in [0.3, 0.4) is 0 Å². The molecule has 1 N–H and O–H groups in total. The number of nitrogens with zero attached hydrogens (tertiary/aromatic N) is 8. The number of ether oxygens (including phenoxy) is 2. The summed E-state index contributed by atoms with van der Waals surface area (Å²) in [5.41, 5.74) is 0.165. The van der Waals surface area contributed by atoms with Gasteiger partial charge in [-0.15, -0.1) is 0 Å². The Hall–Kier alpha value is -4.92. The molecule has 0 spiro atoms. The normalized spacial score (nSPS) is 14.1. The molecule has 1 aliphatic heterocycles. The molecule has 1 aliphatic rings. The van der Waals surface area contributed by atoms with Crippen molar-refractivity contribution >= 4 is 17.2 Å². The number of anilines is 2. The lowest BCUT2D eigenvalue weighted by Crippen LogP contribution is -2.34. The van der Waals surface area contributed by atoms with Gasteiger partial charge in [0.15, 0.2) is 5.65 Å². The van der Waals surface area contributed by atoms with Crippen molar-refractivity contribution in [1.29, 1.82) is 0 Å². The van der Waals surface area contributed by atoms with E-state index in [1.54, 1.807) is 41.9 Å². The first-order valence-corrected chi connectivity index (χ1v) is 13.9. The summed E-state index contributed by atoms with van der Waals surface area (Å²) >= 11 is 0. The lowest BCUT2D eigenvalue weighted by atomic mass is 10.2. The largest absolute Gasteiger partial charge is 0.497 e. The maximum Gasteiger partial charge on any atom is 0.423 e. The highest BCUT2D eigenvalue weighted by molar-refractivity contribution is 5.50. The first-order valence-electron chi connectivity index (χ1n) is 13.9. The predicted octanol–water partition coefficient (Wildman–Crippen LogP) is 3.60. The summed E-state index contributed by atoms with van der Waals surface area (Å²) in [5.74, 6) is 1.45. The molecule has 0 amide bonds. The van der Waals surface area contributed by atoms with Crippen LogP contribution in [0.2, 0.25) is 0 Å². The topological polar surface area (TPSA) is 117 Å². The van der Waals surface area contributed by atoms with E-state index in [4.69, 9.17) is 9.47 Å². The van der Waals surface area contributed by atoms with Gasteiger partial charge in [0, 0.05) is 24.8 Å². The Kier molecular flexibility index (Phi) is 7.95. The molecule has 6 rings (SSSR count). The van der Waals surface area contributed by atoms with Crippen LogP contribution in [0.1, 0.15) is 29.4 Å². The van der Waals surface area contributed by atoms with Crippen LogP contribution >= 0.6 is 0 Å². The predicted molar refractivity (Wildman–Crippen MR) is 155 cm³/mol. The number of halogens is 3. The van der Waals surface area contributed by atoms with Crippen LogP contribution in [0.25, 0.3) is 5.65 Å². The minimum absolute atomic E-state index is 0.0792. The Balaban J connectivity index is 1.06. The fourth-order valence-electron chi connectivity index (χ4n) is 5.11. The van der Waals surface area contributed by atoms with E-state index < -0.39 is 29.0 Å². The van der Waals surface area contributed by atoms with Gasteiger partial charge >= 0.3 is 6.18 Å². The Morgan fingerprint density at radius 3 is 2.68 bits per heavy atom. The molecule has 12 nitrogen and oxygen atoms in total. The molecule has 0 fully saturated rings.